The lowest BCUT2D eigenvalue weighted by molar-refractivity contribution is 0.0728. The minimum absolute atomic E-state index is 0.0761. The predicted octanol–water partition coefficient (Wildman–Crippen LogP) is 3.05. The number of carbonyl (C=O) groups excluding carboxylic acids is 1. The van der Waals surface area contributed by atoms with Crippen LogP contribution in [0, 0.1) is 0 Å². The lowest BCUT2D eigenvalue weighted by Gasteiger charge is -2.23. The molecule has 0 N–H and O–H groups in total. The summed E-state index contributed by atoms with van der Waals surface area (Å²) in [5.41, 5.74) is 2.46. The van der Waals surface area contributed by atoms with Crippen LogP contribution >= 0.6 is 0 Å². The van der Waals surface area contributed by atoms with Gasteiger partial charge < -0.3 is 14.4 Å². The molecule has 4 rings (SSSR count). The first-order valence-electron chi connectivity index (χ1n) is 8.27. The molecular formula is C20H17N3O3. The van der Waals surface area contributed by atoms with Crippen LogP contribution in [-0.2, 0) is 13.1 Å². The topological polar surface area (TPSA) is 64.6 Å². The van der Waals surface area contributed by atoms with E-state index in [1.807, 2.05) is 30.3 Å². The van der Waals surface area contributed by atoms with E-state index in [2.05, 4.69) is 9.97 Å². The molecule has 0 atom stereocenters. The quantitative estimate of drug-likeness (QED) is 0.710. The summed E-state index contributed by atoms with van der Waals surface area (Å²) in [6, 6.07) is 13.0. The fourth-order valence-electron chi connectivity index (χ4n) is 2.91. The summed E-state index contributed by atoms with van der Waals surface area (Å²) in [5, 5.41) is 0. The highest BCUT2D eigenvalue weighted by Crippen LogP contribution is 2.36. The van der Waals surface area contributed by atoms with E-state index in [0.717, 1.165) is 11.1 Å². The van der Waals surface area contributed by atoms with Gasteiger partial charge in [0.25, 0.3) is 5.91 Å². The van der Waals surface area contributed by atoms with Gasteiger partial charge in [-0.2, -0.15) is 0 Å². The first-order valence-corrected chi connectivity index (χ1v) is 8.27. The lowest BCUT2D eigenvalue weighted by atomic mass is 10.1. The standard InChI is InChI=1S/C20H17N3O3/c24-20(16-6-9-21-10-7-16)23(12-15-3-2-8-22-11-15)13-17-4-1-5-18-19(17)26-14-25-18/h1-11H,12-14H2. The number of fused-ring (bicyclic) bond motifs is 1. The minimum Gasteiger partial charge on any atom is -0.454 e. The Morgan fingerprint density at radius 2 is 1.85 bits per heavy atom. The highest BCUT2D eigenvalue weighted by Gasteiger charge is 2.22. The molecule has 26 heavy (non-hydrogen) atoms. The fraction of sp³-hybridized carbons (Fsp3) is 0.150. The first kappa shape index (κ1) is 16.1. The monoisotopic (exact) mass is 347 g/mol. The summed E-state index contributed by atoms with van der Waals surface area (Å²) >= 11 is 0. The molecule has 1 aliphatic heterocycles. The zero-order valence-corrected chi connectivity index (χ0v) is 14.0. The summed E-state index contributed by atoms with van der Waals surface area (Å²) in [5.74, 6) is 1.33. The summed E-state index contributed by atoms with van der Waals surface area (Å²) in [7, 11) is 0. The van der Waals surface area contributed by atoms with Crippen molar-refractivity contribution in [1.29, 1.82) is 0 Å². The second-order valence-electron chi connectivity index (χ2n) is 5.91. The van der Waals surface area contributed by atoms with Crippen LogP contribution < -0.4 is 9.47 Å². The normalized spacial score (nSPS) is 12.0. The molecule has 0 spiro atoms. The largest absolute Gasteiger partial charge is 0.454 e. The summed E-state index contributed by atoms with van der Waals surface area (Å²) < 4.78 is 11.0. The van der Waals surface area contributed by atoms with Gasteiger partial charge in [0, 0.05) is 42.5 Å². The van der Waals surface area contributed by atoms with Gasteiger partial charge in [-0.1, -0.05) is 18.2 Å². The summed E-state index contributed by atoms with van der Waals surface area (Å²) in [6.45, 7) is 1.05. The number of pyridine rings is 2. The Kier molecular flexibility index (Phi) is 4.47. The third kappa shape index (κ3) is 3.35. The van der Waals surface area contributed by atoms with E-state index in [-0.39, 0.29) is 12.7 Å². The fourth-order valence-corrected chi connectivity index (χ4v) is 2.91. The molecule has 0 bridgehead atoms. The molecule has 0 aliphatic carbocycles. The van der Waals surface area contributed by atoms with Crippen LogP contribution in [0.5, 0.6) is 11.5 Å². The number of nitrogens with zero attached hydrogens (tertiary/aromatic N) is 3. The Labute approximate surface area is 151 Å². The molecule has 0 fully saturated rings. The molecule has 1 aliphatic rings. The maximum atomic E-state index is 13.1. The zero-order valence-electron chi connectivity index (χ0n) is 14.0. The van der Waals surface area contributed by atoms with Gasteiger partial charge >= 0.3 is 0 Å². The smallest absolute Gasteiger partial charge is 0.254 e. The molecule has 130 valence electrons. The Morgan fingerprint density at radius 1 is 0.962 bits per heavy atom. The first-order chi connectivity index (χ1) is 12.8. The molecule has 3 aromatic rings. The molecular weight excluding hydrogens is 330 g/mol. The Hall–Kier alpha value is -3.41. The average molecular weight is 347 g/mol. The van der Waals surface area contributed by atoms with Crippen molar-refractivity contribution in [2.24, 2.45) is 0 Å². The molecule has 6 nitrogen and oxygen atoms in total. The molecule has 0 radical (unpaired) electrons. The molecule has 1 amide bonds. The number of amides is 1. The number of aromatic nitrogens is 2. The van der Waals surface area contributed by atoms with Crippen molar-refractivity contribution in [3.8, 4) is 11.5 Å². The van der Waals surface area contributed by atoms with E-state index in [1.165, 1.54) is 0 Å². The number of rotatable bonds is 5. The Balaban J connectivity index is 1.64. The van der Waals surface area contributed by atoms with Crippen LogP contribution in [0.1, 0.15) is 21.5 Å². The van der Waals surface area contributed by atoms with Gasteiger partial charge in [-0.15, -0.1) is 0 Å². The zero-order chi connectivity index (χ0) is 17.8. The number of ether oxygens (including phenoxy) is 2. The van der Waals surface area contributed by atoms with E-state index in [4.69, 9.17) is 9.47 Å². The maximum Gasteiger partial charge on any atom is 0.254 e. The van der Waals surface area contributed by atoms with Crippen LogP contribution in [0.3, 0.4) is 0 Å². The minimum atomic E-state index is -0.0761. The molecule has 3 heterocycles. The molecule has 0 saturated carbocycles. The van der Waals surface area contributed by atoms with Gasteiger partial charge in [0.05, 0.1) is 6.54 Å². The SMILES string of the molecule is O=C(c1ccncc1)N(Cc1cccnc1)Cc1cccc2c1OCO2. The second-order valence-corrected chi connectivity index (χ2v) is 5.91. The molecule has 0 saturated heterocycles. The van der Waals surface area contributed by atoms with Gasteiger partial charge in [0.2, 0.25) is 6.79 Å². The summed E-state index contributed by atoms with van der Waals surface area (Å²) in [4.78, 5) is 23.0. The molecule has 2 aromatic heterocycles. The van der Waals surface area contributed by atoms with E-state index in [0.29, 0.717) is 30.2 Å². The van der Waals surface area contributed by atoms with Gasteiger partial charge in [0.15, 0.2) is 11.5 Å². The van der Waals surface area contributed by atoms with Crippen molar-refractivity contribution in [3.63, 3.8) is 0 Å². The highest BCUT2D eigenvalue weighted by molar-refractivity contribution is 5.94. The Bertz CT molecular complexity index is 901. The van der Waals surface area contributed by atoms with Crippen LogP contribution in [0.15, 0.2) is 67.3 Å². The molecule has 0 unspecified atom stereocenters. The van der Waals surface area contributed by atoms with Crippen molar-refractivity contribution in [3.05, 3.63) is 83.9 Å². The van der Waals surface area contributed by atoms with Crippen LogP contribution in [0.25, 0.3) is 0 Å². The van der Waals surface area contributed by atoms with Crippen LogP contribution in [-0.4, -0.2) is 27.6 Å². The Morgan fingerprint density at radius 3 is 2.65 bits per heavy atom. The van der Waals surface area contributed by atoms with Crippen molar-refractivity contribution >= 4 is 5.91 Å². The molecule has 6 heteroatoms. The molecule has 1 aromatic carbocycles. The van der Waals surface area contributed by atoms with E-state index in [1.54, 1.807) is 41.8 Å². The number of para-hydroxylation sites is 1. The third-order valence-corrected chi connectivity index (χ3v) is 4.15. The van der Waals surface area contributed by atoms with Gasteiger partial charge in [-0.3, -0.25) is 14.8 Å². The lowest BCUT2D eigenvalue weighted by Crippen LogP contribution is -2.30. The van der Waals surface area contributed by atoms with Gasteiger partial charge in [-0.25, -0.2) is 0 Å². The van der Waals surface area contributed by atoms with E-state index < -0.39 is 0 Å². The third-order valence-electron chi connectivity index (χ3n) is 4.15. The van der Waals surface area contributed by atoms with E-state index in [9.17, 15) is 4.79 Å². The number of hydrogen-bond donors (Lipinski definition) is 0. The number of carbonyl (C=O) groups is 1. The predicted molar refractivity (Wildman–Crippen MR) is 94.6 cm³/mol. The average Bonchev–Trinajstić information content (AvgIpc) is 3.18. The van der Waals surface area contributed by atoms with Crippen molar-refractivity contribution < 1.29 is 14.3 Å². The van der Waals surface area contributed by atoms with Gasteiger partial charge in [0.1, 0.15) is 0 Å². The van der Waals surface area contributed by atoms with E-state index >= 15 is 0 Å². The van der Waals surface area contributed by atoms with Crippen LogP contribution in [0.2, 0.25) is 0 Å². The maximum absolute atomic E-state index is 13.1. The van der Waals surface area contributed by atoms with Crippen molar-refractivity contribution in [2.45, 2.75) is 13.1 Å². The van der Waals surface area contributed by atoms with Crippen LogP contribution in [0.4, 0.5) is 0 Å². The summed E-state index contributed by atoms with van der Waals surface area (Å²) in [6.07, 6.45) is 6.72. The van der Waals surface area contributed by atoms with Crippen molar-refractivity contribution in [2.75, 3.05) is 6.79 Å². The highest BCUT2D eigenvalue weighted by atomic mass is 16.7. The second kappa shape index (κ2) is 7.23. The number of hydrogen-bond acceptors (Lipinski definition) is 5. The number of benzene rings is 1. The van der Waals surface area contributed by atoms with Crippen molar-refractivity contribution in [1.82, 2.24) is 14.9 Å². The van der Waals surface area contributed by atoms with Gasteiger partial charge in [-0.05, 0) is 29.8 Å².